The monoisotopic (exact) mass is 221 g/mol. The number of benzene rings is 1. The van der Waals surface area contributed by atoms with E-state index in [0.717, 1.165) is 12.8 Å². The average molecular weight is 221 g/mol. The lowest BCUT2D eigenvalue weighted by Crippen LogP contribution is -2.06. The van der Waals surface area contributed by atoms with E-state index in [1.54, 1.807) is 18.2 Å². The number of hydrogen-bond acceptors (Lipinski definition) is 3. The van der Waals surface area contributed by atoms with Gasteiger partial charge in [0.05, 0.1) is 6.61 Å². The molecule has 3 radical (unpaired) electrons. The predicted molar refractivity (Wildman–Crippen MR) is 59.1 cm³/mol. The fourth-order valence-corrected chi connectivity index (χ4v) is 1.03. The molecule has 15 heavy (non-hydrogen) atoms. The minimum absolute atomic E-state index is 0. The fraction of sp³-hybridized carbons (Fsp3) is 0.364. The van der Waals surface area contributed by atoms with E-state index in [9.17, 15) is 9.90 Å². The van der Waals surface area contributed by atoms with Crippen molar-refractivity contribution in [2.24, 2.45) is 0 Å². The van der Waals surface area contributed by atoms with E-state index in [0.29, 0.717) is 6.61 Å². The molecular formula is C11H14AlO3. The summed E-state index contributed by atoms with van der Waals surface area (Å²) in [5.74, 6) is -0.495. The molecule has 79 valence electrons. The molecule has 3 nitrogen and oxygen atoms in total. The zero-order valence-electron chi connectivity index (χ0n) is 8.77. The molecule has 4 heteroatoms. The first-order valence-corrected chi connectivity index (χ1v) is 4.70. The van der Waals surface area contributed by atoms with E-state index in [1.165, 1.54) is 6.07 Å². The second-order valence-electron chi connectivity index (χ2n) is 3.01. The van der Waals surface area contributed by atoms with E-state index in [1.807, 2.05) is 6.92 Å². The van der Waals surface area contributed by atoms with Gasteiger partial charge in [-0.1, -0.05) is 25.5 Å². The minimum Gasteiger partial charge on any atom is -0.507 e. The number of ether oxygens (including phenoxy) is 1. The van der Waals surface area contributed by atoms with E-state index < -0.39 is 5.97 Å². The molecule has 0 heterocycles. The number of para-hydroxylation sites is 1. The fourth-order valence-electron chi connectivity index (χ4n) is 1.03. The number of esters is 1. The van der Waals surface area contributed by atoms with Crippen molar-refractivity contribution in [3.05, 3.63) is 29.8 Å². The van der Waals surface area contributed by atoms with Gasteiger partial charge in [-0.15, -0.1) is 0 Å². The van der Waals surface area contributed by atoms with Crippen molar-refractivity contribution in [3.8, 4) is 5.75 Å². The highest BCUT2D eigenvalue weighted by molar-refractivity contribution is 5.92. The molecule has 0 saturated carbocycles. The maximum Gasteiger partial charge on any atom is 0.341 e. The molecule has 1 N–H and O–H groups in total. The summed E-state index contributed by atoms with van der Waals surface area (Å²) in [4.78, 5) is 11.4. The number of carbonyl (C=O) groups excluding carboxylic acids is 1. The van der Waals surface area contributed by atoms with Crippen molar-refractivity contribution in [3.63, 3.8) is 0 Å². The third kappa shape index (κ3) is 4.37. The highest BCUT2D eigenvalue weighted by Crippen LogP contribution is 2.16. The second kappa shape index (κ2) is 7.33. The Balaban J connectivity index is 0.00000196. The largest absolute Gasteiger partial charge is 0.507 e. The van der Waals surface area contributed by atoms with E-state index >= 15 is 0 Å². The third-order valence-corrected chi connectivity index (χ3v) is 1.86. The van der Waals surface area contributed by atoms with E-state index in [2.05, 4.69) is 0 Å². The number of rotatable bonds is 4. The van der Waals surface area contributed by atoms with Crippen molar-refractivity contribution >= 4 is 23.3 Å². The number of phenolic OH excluding ortho intramolecular Hbond substituents is 1. The average Bonchev–Trinajstić information content (AvgIpc) is 2.18. The van der Waals surface area contributed by atoms with Gasteiger partial charge >= 0.3 is 5.97 Å². The highest BCUT2D eigenvalue weighted by atomic mass is 27.0. The van der Waals surface area contributed by atoms with Gasteiger partial charge in [0, 0.05) is 17.4 Å². The molecular weight excluding hydrogens is 207 g/mol. The molecule has 0 amide bonds. The van der Waals surface area contributed by atoms with Crippen molar-refractivity contribution in [2.45, 2.75) is 19.8 Å². The summed E-state index contributed by atoms with van der Waals surface area (Å²) in [5, 5.41) is 9.34. The standard InChI is InChI=1S/C11H14O3.Al/c1-2-3-8-14-11(13)9-6-4-5-7-10(9)12;/h4-7,12H,2-3,8H2,1H3;. The first kappa shape index (κ1) is 14.0. The summed E-state index contributed by atoms with van der Waals surface area (Å²) in [6.07, 6.45) is 1.83. The lowest BCUT2D eigenvalue weighted by Gasteiger charge is -2.04. The minimum atomic E-state index is -0.462. The Morgan fingerprint density at radius 1 is 1.40 bits per heavy atom. The van der Waals surface area contributed by atoms with Crippen molar-refractivity contribution in [2.75, 3.05) is 6.61 Å². The number of unbranched alkanes of at least 4 members (excludes halogenated alkanes) is 1. The van der Waals surface area contributed by atoms with Crippen LogP contribution in [0.25, 0.3) is 0 Å². The molecule has 0 aliphatic heterocycles. The van der Waals surface area contributed by atoms with Crippen LogP contribution >= 0.6 is 0 Å². The maximum atomic E-state index is 11.4. The summed E-state index contributed by atoms with van der Waals surface area (Å²) >= 11 is 0. The van der Waals surface area contributed by atoms with Crippen LogP contribution in [-0.4, -0.2) is 35.0 Å². The Morgan fingerprint density at radius 2 is 2.07 bits per heavy atom. The first-order valence-electron chi connectivity index (χ1n) is 4.70. The van der Waals surface area contributed by atoms with Gasteiger partial charge in [-0.05, 0) is 18.6 Å². The van der Waals surface area contributed by atoms with Crippen LogP contribution in [0.2, 0.25) is 0 Å². The summed E-state index contributed by atoms with van der Waals surface area (Å²) in [7, 11) is 0. The van der Waals surface area contributed by atoms with Crippen LogP contribution in [0.3, 0.4) is 0 Å². The maximum absolute atomic E-state index is 11.4. The van der Waals surface area contributed by atoms with Gasteiger partial charge < -0.3 is 9.84 Å². The summed E-state index contributed by atoms with van der Waals surface area (Å²) in [6.45, 7) is 2.43. The zero-order chi connectivity index (χ0) is 10.4. The van der Waals surface area contributed by atoms with Gasteiger partial charge in [-0.2, -0.15) is 0 Å². The molecule has 0 unspecified atom stereocenters. The molecule has 1 rings (SSSR count). The molecule has 0 spiro atoms. The summed E-state index contributed by atoms with van der Waals surface area (Å²) in [6, 6.07) is 6.37. The van der Waals surface area contributed by atoms with Crippen LogP contribution in [0.15, 0.2) is 24.3 Å². The van der Waals surface area contributed by atoms with Gasteiger partial charge in [0.2, 0.25) is 0 Å². The highest BCUT2D eigenvalue weighted by Gasteiger charge is 2.10. The Kier molecular flexibility index (Phi) is 6.85. The van der Waals surface area contributed by atoms with Gasteiger partial charge in [0.1, 0.15) is 11.3 Å². The number of phenols is 1. The van der Waals surface area contributed by atoms with Crippen molar-refractivity contribution in [1.29, 1.82) is 0 Å². The van der Waals surface area contributed by atoms with Crippen LogP contribution in [0.4, 0.5) is 0 Å². The number of carbonyl (C=O) groups is 1. The smallest absolute Gasteiger partial charge is 0.341 e. The van der Waals surface area contributed by atoms with Crippen molar-refractivity contribution in [1.82, 2.24) is 0 Å². The van der Waals surface area contributed by atoms with Crippen LogP contribution in [-0.2, 0) is 4.74 Å². The zero-order valence-corrected chi connectivity index (χ0v) is 9.93. The van der Waals surface area contributed by atoms with Gasteiger partial charge in [-0.3, -0.25) is 0 Å². The molecule has 0 aliphatic carbocycles. The van der Waals surface area contributed by atoms with Gasteiger partial charge in [-0.25, -0.2) is 4.79 Å². The molecule has 0 saturated heterocycles. The number of aromatic hydroxyl groups is 1. The van der Waals surface area contributed by atoms with Crippen LogP contribution in [0.1, 0.15) is 30.1 Å². The Hall–Kier alpha value is -0.978. The molecule has 1 aromatic rings. The molecule has 0 aliphatic rings. The molecule has 1 aromatic carbocycles. The van der Waals surface area contributed by atoms with E-state index in [-0.39, 0.29) is 28.7 Å². The van der Waals surface area contributed by atoms with Gasteiger partial charge in [0.15, 0.2) is 0 Å². The summed E-state index contributed by atoms with van der Waals surface area (Å²) < 4.78 is 4.95. The third-order valence-electron chi connectivity index (χ3n) is 1.86. The van der Waals surface area contributed by atoms with E-state index in [4.69, 9.17) is 4.74 Å². The van der Waals surface area contributed by atoms with Crippen LogP contribution in [0.5, 0.6) is 5.75 Å². The van der Waals surface area contributed by atoms with Crippen molar-refractivity contribution < 1.29 is 14.6 Å². The molecule has 0 aromatic heterocycles. The number of hydrogen-bond donors (Lipinski definition) is 1. The SMILES string of the molecule is CCCCOC(=O)c1ccccc1O.[Al]. The topological polar surface area (TPSA) is 46.5 Å². The quantitative estimate of drug-likeness (QED) is 0.480. The molecule has 0 bridgehead atoms. The predicted octanol–water partition coefficient (Wildman–Crippen LogP) is 1.97. The first-order chi connectivity index (χ1) is 6.75. The molecule has 0 fully saturated rings. The second-order valence-corrected chi connectivity index (χ2v) is 3.01. The lowest BCUT2D eigenvalue weighted by atomic mass is 10.2. The van der Waals surface area contributed by atoms with Gasteiger partial charge in [0.25, 0.3) is 0 Å². The Labute approximate surface area is 100 Å². The van der Waals surface area contributed by atoms with Crippen LogP contribution in [0, 0.1) is 0 Å². The normalized spacial score (nSPS) is 9.13. The lowest BCUT2D eigenvalue weighted by molar-refractivity contribution is 0.0496. The molecule has 0 atom stereocenters. The Morgan fingerprint density at radius 3 is 2.67 bits per heavy atom. The summed E-state index contributed by atoms with van der Waals surface area (Å²) in [5.41, 5.74) is 0.226. The Bertz CT molecular complexity index is 312. The van der Waals surface area contributed by atoms with Crippen LogP contribution < -0.4 is 0 Å².